The number of benzene rings is 1. The van der Waals surface area contributed by atoms with E-state index in [1.165, 1.54) is 0 Å². The fraction of sp³-hybridized carbons (Fsp3) is 0.632. The van der Waals surface area contributed by atoms with Crippen molar-refractivity contribution >= 4 is 51.7 Å². The van der Waals surface area contributed by atoms with Gasteiger partial charge in [0.15, 0.2) is 5.96 Å². The Bertz CT molecular complexity index is 763. The summed E-state index contributed by atoms with van der Waals surface area (Å²) >= 11 is 2.01. The van der Waals surface area contributed by atoms with Crippen LogP contribution in [0.2, 0.25) is 0 Å². The van der Waals surface area contributed by atoms with Gasteiger partial charge in [-0.1, -0.05) is 25.1 Å². The van der Waals surface area contributed by atoms with Gasteiger partial charge in [0.25, 0.3) is 0 Å². The molecule has 2 rings (SSSR count). The van der Waals surface area contributed by atoms with Crippen molar-refractivity contribution in [2.75, 3.05) is 25.9 Å². The molecule has 0 aliphatic carbocycles. The highest BCUT2D eigenvalue weighted by Gasteiger charge is 2.25. The molecule has 1 aliphatic heterocycles. The van der Waals surface area contributed by atoms with Gasteiger partial charge in [-0.05, 0) is 38.8 Å². The van der Waals surface area contributed by atoms with E-state index in [1.807, 2.05) is 44.7 Å². The molecule has 1 saturated heterocycles. The summed E-state index contributed by atoms with van der Waals surface area (Å²) < 4.78 is 28.3. The van der Waals surface area contributed by atoms with Crippen molar-refractivity contribution in [1.82, 2.24) is 14.9 Å². The largest absolute Gasteiger partial charge is 0.352 e. The molecule has 0 amide bonds. The summed E-state index contributed by atoms with van der Waals surface area (Å²) in [6.07, 6.45) is 1.14. The van der Waals surface area contributed by atoms with Crippen molar-refractivity contribution in [2.24, 2.45) is 4.99 Å². The maximum atomic E-state index is 12.8. The van der Waals surface area contributed by atoms with Crippen LogP contribution in [0.1, 0.15) is 39.7 Å². The Morgan fingerprint density at radius 1 is 1.32 bits per heavy atom. The quantitative estimate of drug-likeness (QED) is 0.341. The van der Waals surface area contributed by atoms with Gasteiger partial charge in [0.2, 0.25) is 10.0 Å². The second kappa shape index (κ2) is 11.0. The molecule has 0 aromatic heterocycles. The smallest absolute Gasteiger partial charge is 0.241 e. The van der Waals surface area contributed by atoms with Crippen LogP contribution in [0.15, 0.2) is 34.2 Å². The van der Waals surface area contributed by atoms with E-state index in [0.29, 0.717) is 16.7 Å². The topological polar surface area (TPSA) is 73.8 Å². The molecule has 6 nitrogen and oxygen atoms in total. The molecular weight excluding hydrogens is 507 g/mol. The fourth-order valence-corrected chi connectivity index (χ4v) is 5.87. The van der Waals surface area contributed by atoms with Crippen molar-refractivity contribution in [3.05, 3.63) is 29.8 Å². The molecule has 0 bridgehead atoms. The van der Waals surface area contributed by atoms with Crippen molar-refractivity contribution in [3.8, 4) is 0 Å². The van der Waals surface area contributed by atoms with Gasteiger partial charge in [-0.15, -0.1) is 24.0 Å². The highest BCUT2D eigenvalue weighted by atomic mass is 127. The summed E-state index contributed by atoms with van der Waals surface area (Å²) in [7, 11) is -1.81. The predicted molar refractivity (Wildman–Crippen MR) is 130 cm³/mol. The van der Waals surface area contributed by atoms with Crippen molar-refractivity contribution < 1.29 is 8.42 Å². The normalized spacial score (nSPS) is 18.5. The SMILES string of the molecule is CCC1CN(C(=NC)NCc2ccccc2S(=O)(=O)NC(C)(C)C)CCS1.I. The summed E-state index contributed by atoms with van der Waals surface area (Å²) in [6, 6.07) is 7.11. The average molecular weight is 541 g/mol. The highest BCUT2D eigenvalue weighted by molar-refractivity contribution is 14.0. The number of guanidine groups is 1. The zero-order valence-corrected chi connectivity index (χ0v) is 21.3. The van der Waals surface area contributed by atoms with Crippen LogP contribution < -0.4 is 10.0 Å². The third-order valence-electron chi connectivity index (χ3n) is 4.25. The van der Waals surface area contributed by atoms with Gasteiger partial charge in [0.1, 0.15) is 0 Å². The molecule has 2 N–H and O–H groups in total. The minimum absolute atomic E-state index is 0. The summed E-state index contributed by atoms with van der Waals surface area (Å²) in [5, 5.41) is 3.96. The number of rotatable bonds is 5. The maximum Gasteiger partial charge on any atom is 0.241 e. The van der Waals surface area contributed by atoms with Crippen LogP contribution in [-0.4, -0.2) is 56.0 Å². The van der Waals surface area contributed by atoms with E-state index in [9.17, 15) is 8.42 Å². The van der Waals surface area contributed by atoms with Crippen LogP contribution in [0.3, 0.4) is 0 Å². The molecule has 1 aromatic carbocycles. The van der Waals surface area contributed by atoms with Crippen LogP contribution in [0, 0.1) is 0 Å². The van der Waals surface area contributed by atoms with E-state index in [-0.39, 0.29) is 24.0 Å². The molecule has 9 heteroatoms. The van der Waals surface area contributed by atoms with Crippen LogP contribution in [-0.2, 0) is 16.6 Å². The summed E-state index contributed by atoms with van der Waals surface area (Å²) in [6.45, 7) is 10.1. The van der Waals surface area contributed by atoms with Crippen molar-refractivity contribution in [2.45, 2.75) is 56.3 Å². The minimum Gasteiger partial charge on any atom is -0.352 e. The first-order chi connectivity index (χ1) is 12.7. The number of halogens is 1. The Balaban J connectivity index is 0.00000392. The third kappa shape index (κ3) is 7.38. The van der Waals surface area contributed by atoms with E-state index >= 15 is 0 Å². The summed E-state index contributed by atoms with van der Waals surface area (Å²) in [5.41, 5.74) is 0.199. The lowest BCUT2D eigenvalue weighted by molar-refractivity contribution is 0.408. The second-order valence-corrected chi connectivity index (χ2v) is 10.8. The predicted octanol–water partition coefficient (Wildman–Crippen LogP) is 3.28. The number of hydrogen-bond acceptors (Lipinski definition) is 4. The van der Waals surface area contributed by atoms with Gasteiger partial charge in [0.05, 0.1) is 4.90 Å². The Morgan fingerprint density at radius 3 is 2.61 bits per heavy atom. The minimum atomic E-state index is -3.59. The first kappa shape index (κ1) is 25.5. The molecule has 1 heterocycles. The lowest BCUT2D eigenvalue weighted by atomic mass is 10.1. The lowest BCUT2D eigenvalue weighted by Crippen LogP contribution is -2.47. The van der Waals surface area contributed by atoms with E-state index in [2.05, 4.69) is 26.9 Å². The first-order valence-corrected chi connectivity index (χ1v) is 11.9. The number of aliphatic imine (C=N–C) groups is 1. The average Bonchev–Trinajstić information content (AvgIpc) is 2.61. The third-order valence-corrected chi connectivity index (χ3v) is 7.48. The van der Waals surface area contributed by atoms with E-state index in [4.69, 9.17) is 0 Å². The van der Waals surface area contributed by atoms with Crippen molar-refractivity contribution in [1.29, 1.82) is 0 Å². The number of sulfonamides is 1. The lowest BCUT2D eigenvalue weighted by Gasteiger charge is -2.34. The van der Waals surface area contributed by atoms with Crippen LogP contribution in [0.4, 0.5) is 0 Å². The molecule has 28 heavy (non-hydrogen) atoms. The number of thioether (sulfide) groups is 1. The van der Waals surface area contributed by atoms with Gasteiger partial charge >= 0.3 is 0 Å². The molecule has 0 radical (unpaired) electrons. The van der Waals surface area contributed by atoms with E-state index in [1.54, 1.807) is 19.2 Å². The summed E-state index contributed by atoms with van der Waals surface area (Å²) in [4.78, 5) is 6.97. The molecule has 1 aromatic rings. The van der Waals surface area contributed by atoms with Gasteiger partial charge in [-0.25, -0.2) is 13.1 Å². The summed E-state index contributed by atoms with van der Waals surface area (Å²) in [5.74, 6) is 1.91. The zero-order valence-electron chi connectivity index (χ0n) is 17.4. The Labute approximate surface area is 191 Å². The molecular formula is C19H33IN4O2S2. The molecule has 1 atom stereocenters. The highest BCUT2D eigenvalue weighted by Crippen LogP contribution is 2.21. The van der Waals surface area contributed by atoms with Crippen LogP contribution >= 0.6 is 35.7 Å². The zero-order chi connectivity index (χ0) is 20.1. The standard InChI is InChI=1S/C19H32N4O2S2.HI/c1-6-16-14-23(11-12-26-16)18(20-5)21-13-15-9-7-8-10-17(15)27(24,25)22-19(2,3)4;/h7-10,16,22H,6,11-14H2,1-5H3,(H,20,21);1H. The number of nitrogens with zero attached hydrogens (tertiary/aromatic N) is 2. The van der Waals surface area contributed by atoms with Crippen LogP contribution in [0.25, 0.3) is 0 Å². The second-order valence-electron chi connectivity index (χ2n) is 7.71. The first-order valence-electron chi connectivity index (χ1n) is 9.35. The Hall–Kier alpha value is -0.520. The molecule has 0 saturated carbocycles. The number of hydrogen-bond donors (Lipinski definition) is 2. The van der Waals surface area contributed by atoms with Gasteiger partial charge in [0, 0.05) is 43.2 Å². The Kier molecular flexibility index (Phi) is 10.1. The van der Waals surface area contributed by atoms with Crippen LogP contribution in [0.5, 0.6) is 0 Å². The van der Waals surface area contributed by atoms with Gasteiger partial charge < -0.3 is 10.2 Å². The number of nitrogens with one attached hydrogen (secondary N) is 2. The monoisotopic (exact) mass is 540 g/mol. The van der Waals surface area contributed by atoms with E-state index < -0.39 is 15.6 Å². The molecule has 160 valence electrons. The molecule has 1 aliphatic rings. The Morgan fingerprint density at radius 2 is 2.00 bits per heavy atom. The molecule has 0 spiro atoms. The molecule has 1 unspecified atom stereocenters. The van der Waals surface area contributed by atoms with Gasteiger partial charge in [-0.3, -0.25) is 4.99 Å². The van der Waals surface area contributed by atoms with Gasteiger partial charge in [-0.2, -0.15) is 11.8 Å². The fourth-order valence-electron chi connectivity index (χ4n) is 3.04. The maximum absolute atomic E-state index is 12.8. The van der Waals surface area contributed by atoms with E-state index in [0.717, 1.165) is 36.8 Å². The van der Waals surface area contributed by atoms with Crippen molar-refractivity contribution in [3.63, 3.8) is 0 Å². The molecule has 1 fully saturated rings.